The summed E-state index contributed by atoms with van der Waals surface area (Å²) in [5, 5.41) is 2.79. The number of fused-ring (bicyclic) bond motifs is 1. The molecular weight excluding hydrogens is 408 g/mol. The van der Waals surface area contributed by atoms with Gasteiger partial charge in [0.05, 0.1) is 17.5 Å². The first-order valence-electron chi connectivity index (χ1n) is 10.9. The summed E-state index contributed by atoms with van der Waals surface area (Å²) in [4.78, 5) is 39.5. The number of rotatable bonds is 8. The summed E-state index contributed by atoms with van der Waals surface area (Å²) < 4.78 is 11.2. The number of amides is 1. The molecule has 170 valence electrons. The Bertz CT molecular complexity index is 994. The molecule has 0 fully saturated rings. The molecule has 1 aliphatic rings. The first-order chi connectivity index (χ1) is 15.2. The number of carbonyl (C=O) groups is 3. The minimum atomic E-state index is -0.553. The van der Waals surface area contributed by atoms with Crippen LogP contribution < -0.4 is 10.1 Å². The normalized spacial score (nSPS) is 14.5. The van der Waals surface area contributed by atoms with E-state index in [1.54, 1.807) is 42.5 Å². The standard InChI is InChI=1S/C25H30N2O5/c1-5-27(6-2)13-14-31-24(30)17-7-10-19(11-8-17)26-23(29)18-9-12-22-20(15-18)21(28)16-25(3,4)32-22/h7-12,15H,5-6,13-14,16H2,1-4H3,(H,26,29). The Morgan fingerprint density at radius 1 is 1.06 bits per heavy atom. The Balaban J connectivity index is 1.60. The molecule has 2 aromatic carbocycles. The molecule has 0 spiro atoms. The van der Waals surface area contributed by atoms with Crippen molar-refractivity contribution in [3.05, 3.63) is 59.2 Å². The van der Waals surface area contributed by atoms with Gasteiger partial charge in [-0.25, -0.2) is 4.79 Å². The van der Waals surface area contributed by atoms with E-state index in [9.17, 15) is 14.4 Å². The number of esters is 1. The van der Waals surface area contributed by atoms with Gasteiger partial charge in [0.1, 0.15) is 18.0 Å². The molecule has 7 nitrogen and oxygen atoms in total. The van der Waals surface area contributed by atoms with Crippen LogP contribution in [0.2, 0.25) is 0 Å². The average Bonchev–Trinajstić information content (AvgIpc) is 2.76. The van der Waals surface area contributed by atoms with Crippen LogP contribution in [0.25, 0.3) is 0 Å². The molecule has 1 N–H and O–H groups in total. The highest BCUT2D eigenvalue weighted by Crippen LogP contribution is 2.33. The molecule has 1 aliphatic heterocycles. The van der Waals surface area contributed by atoms with E-state index >= 15 is 0 Å². The molecular formula is C25H30N2O5. The van der Waals surface area contributed by atoms with Gasteiger partial charge in [-0.15, -0.1) is 0 Å². The number of nitrogens with zero attached hydrogens (tertiary/aromatic N) is 1. The van der Waals surface area contributed by atoms with E-state index in [2.05, 4.69) is 24.1 Å². The Kier molecular flexibility index (Phi) is 7.30. The van der Waals surface area contributed by atoms with Crippen LogP contribution in [-0.2, 0) is 4.74 Å². The van der Waals surface area contributed by atoms with Crippen LogP contribution in [0.4, 0.5) is 5.69 Å². The van der Waals surface area contributed by atoms with Gasteiger partial charge in [-0.05, 0) is 69.4 Å². The number of ketones is 1. The van der Waals surface area contributed by atoms with Crippen molar-refractivity contribution >= 4 is 23.3 Å². The van der Waals surface area contributed by atoms with E-state index in [1.807, 2.05) is 13.8 Å². The topological polar surface area (TPSA) is 84.9 Å². The molecule has 1 amide bonds. The largest absolute Gasteiger partial charge is 0.487 e. The van der Waals surface area contributed by atoms with Gasteiger partial charge >= 0.3 is 5.97 Å². The molecule has 0 saturated heterocycles. The van der Waals surface area contributed by atoms with Gasteiger partial charge in [0, 0.05) is 17.8 Å². The number of ether oxygens (including phenoxy) is 2. The van der Waals surface area contributed by atoms with Crippen LogP contribution in [-0.4, -0.2) is 54.4 Å². The van der Waals surface area contributed by atoms with Gasteiger partial charge in [0.2, 0.25) is 0 Å². The van der Waals surface area contributed by atoms with Crippen molar-refractivity contribution in [2.24, 2.45) is 0 Å². The quantitative estimate of drug-likeness (QED) is 0.623. The molecule has 0 bridgehead atoms. The van der Waals surface area contributed by atoms with Crippen molar-refractivity contribution < 1.29 is 23.9 Å². The maximum atomic E-state index is 12.7. The second kappa shape index (κ2) is 9.96. The summed E-state index contributed by atoms with van der Waals surface area (Å²) in [5.74, 6) is -0.299. The lowest BCUT2D eigenvalue weighted by molar-refractivity contribution is 0.0465. The van der Waals surface area contributed by atoms with E-state index in [-0.39, 0.29) is 18.1 Å². The fourth-order valence-corrected chi connectivity index (χ4v) is 3.58. The third-order valence-electron chi connectivity index (χ3n) is 5.43. The molecule has 0 radical (unpaired) electrons. The summed E-state index contributed by atoms with van der Waals surface area (Å²) in [5.41, 5.74) is 1.18. The highest BCUT2D eigenvalue weighted by molar-refractivity contribution is 6.08. The van der Waals surface area contributed by atoms with Gasteiger partial charge in [-0.1, -0.05) is 13.8 Å². The van der Waals surface area contributed by atoms with Crippen molar-refractivity contribution in [1.82, 2.24) is 4.90 Å². The Morgan fingerprint density at radius 2 is 1.72 bits per heavy atom. The lowest BCUT2D eigenvalue weighted by Gasteiger charge is -2.31. The number of likely N-dealkylation sites (N-methyl/N-ethyl adjacent to an activating group) is 1. The third-order valence-corrected chi connectivity index (χ3v) is 5.43. The fourth-order valence-electron chi connectivity index (χ4n) is 3.58. The van der Waals surface area contributed by atoms with Gasteiger partial charge in [-0.2, -0.15) is 0 Å². The lowest BCUT2D eigenvalue weighted by Crippen LogP contribution is -2.36. The van der Waals surface area contributed by atoms with E-state index in [4.69, 9.17) is 9.47 Å². The zero-order chi connectivity index (χ0) is 23.3. The van der Waals surface area contributed by atoms with Crippen LogP contribution in [0.1, 0.15) is 65.2 Å². The summed E-state index contributed by atoms with van der Waals surface area (Å²) in [6.07, 6.45) is 0.261. The van der Waals surface area contributed by atoms with Crippen LogP contribution >= 0.6 is 0 Å². The van der Waals surface area contributed by atoms with E-state index in [1.165, 1.54) is 0 Å². The average molecular weight is 439 g/mol. The Hall–Kier alpha value is -3.19. The van der Waals surface area contributed by atoms with Crippen molar-refractivity contribution in [3.63, 3.8) is 0 Å². The zero-order valence-corrected chi connectivity index (χ0v) is 19.1. The second-order valence-corrected chi connectivity index (χ2v) is 8.37. The van der Waals surface area contributed by atoms with Gasteiger partial charge in [0.15, 0.2) is 5.78 Å². The van der Waals surface area contributed by atoms with Crippen LogP contribution in [0.15, 0.2) is 42.5 Å². The number of benzene rings is 2. The van der Waals surface area contributed by atoms with Gasteiger partial charge in [0.25, 0.3) is 5.91 Å². The third kappa shape index (κ3) is 5.73. The summed E-state index contributed by atoms with van der Waals surface area (Å²) in [7, 11) is 0. The number of hydrogen-bond donors (Lipinski definition) is 1. The predicted molar refractivity (Wildman–Crippen MR) is 123 cm³/mol. The first kappa shape index (κ1) is 23.5. The SMILES string of the molecule is CCN(CC)CCOC(=O)c1ccc(NC(=O)c2ccc3c(c2)C(=O)CC(C)(C)O3)cc1. The summed E-state index contributed by atoms with van der Waals surface area (Å²) in [6.45, 7) is 10.7. The molecule has 3 rings (SSSR count). The van der Waals surface area contributed by atoms with Gasteiger partial charge < -0.3 is 19.7 Å². The van der Waals surface area contributed by atoms with Crippen LogP contribution in [0.3, 0.4) is 0 Å². The fraction of sp³-hybridized carbons (Fsp3) is 0.400. The van der Waals surface area contributed by atoms with Crippen molar-refractivity contribution in [2.45, 2.75) is 39.7 Å². The minimum Gasteiger partial charge on any atom is -0.487 e. The van der Waals surface area contributed by atoms with E-state index in [0.29, 0.717) is 41.3 Å². The molecule has 7 heteroatoms. The molecule has 0 saturated carbocycles. The molecule has 0 aliphatic carbocycles. The number of hydrogen-bond acceptors (Lipinski definition) is 6. The molecule has 2 aromatic rings. The Labute approximate surface area is 188 Å². The van der Waals surface area contributed by atoms with E-state index in [0.717, 1.165) is 13.1 Å². The first-order valence-corrected chi connectivity index (χ1v) is 10.9. The molecule has 0 atom stereocenters. The highest BCUT2D eigenvalue weighted by atomic mass is 16.5. The molecule has 0 unspecified atom stereocenters. The predicted octanol–water partition coefficient (Wildman–Crippen LogP) is 4.18. The van der Waals surface area contributed by atoms with Crippen LogP contribution in [0, 0.1) is 0 Å². The second-order valence-electron chi connectivity index (χ2n) is 8.37. The molecule has 32 heavy (non-hydrogen) atoms. The van der Waals surface area contributed by atoms with Crippen molar-refractivity contribution in [3.8, 4) is 5.75 Å². The molecule has 1 heterocycles. The van der Waals surface area contributed by atoms with Crippen molar-refractivity contribution in [1.29, 1.82) is 0 Å². The maximum absolute atomic E-state index is 12.7. The minimum absolute atomic E-state index is 0.0465. The lowest BCUT2D eigenvalue weighted by atomic mass is 9.92. The Morgan fingerprint density at radius 3 is 2.38 bits per heavy atom. The van der Waals surface area contributed by atoms with Gasteiger partial charge in [-0.3, -0.25) is 9.59 Å². The van der Waals surface area contributed by atoms with E-state index < -0.39 is 11.6 Å². The number of Topliss-reactive ketones (excluding diaryl/α,β-unsaturated/α-hetero) is 1. The maximum Gasteiger partial charge on any atom is 0.338 e. The number of nitrogens with one attached hydrogen (secondary N) is 1. The zero-order valence-electron chi connectivity index (χ0n) is 19.1. The number of carbonyl (C=O) groups excluding carboxylic acids is 3. The number of anilines is 1. The van der Waals surface area contributed by atoms with Crippen molar-refractivity contribution in [2.75, 3.05) is 31.6 Å². The highest BCUT2D eigenvalue weighted by Gasteiger charge is 2.32. The smallest absolute Gasteiger partial charge is 0.338 e. The monoisotopic (exact) mass is 438 g/mol. The summed E-state index contributed by atoms with van der Waals surface area (Å²) >= 11 is 0. The summed E-state index contributed by atoms with van der Waals surface area (Å²) in [6, 6.07) is 11.4. The van der Waals surface area contributed by atoms with Crippen LogP contribution in [0.5, 0.6) is 5.75 Å². The molecule has 0 aromatic heterocycles.